The molecule has 2 aliphatic rings. The summed E-state index contributed by atoms with van der Waals surface area (Å²) in [6.07, 6.45) is 3.51. The molecule has 2 aromatic rings. The normalized spacial score (nSPS) is 19.0. The van der Waals surface area contributed by atoms with E-state index in [2.05, 4.69) is 26.9 Å². The van der Waals surface area contributed by atoms with Crippen LogP contribution in [0.1, 0.15) is 59.7 Å². The molecule has 3 heterocycles. The summed E-state index contributed by atoms with van der Waals surface area (Å²) in [6, 6.07) is 8.20. The summed E-state index contributed by atoms with van der Waals surface area (Å²) in [7, 11) is 1.66. The predicted molar refractivity (Wildman–Crippen MR) is 120 cm³/mol. The van der Waals surface area contributed by atoms with Gasteiger partial charge in [0.15, 0.2) is 0 Å². The van der Waals surface area contributed by atoms with Crippen molar-refractivity contribution in [2.24, 2.45) is 0 Å². The monoisotopic (exact) mass is 439 g/mol. The Morgan fingerprint density at radius 2 is 1.97 bits per heavy atom. The maximum absolute atomic E-state index is 13.6. The first-order valence-corrected chi connectivity index (χ1v) is 11.5. The zero-order valence-corrected chi connectivity index (χ0v) is 19.3. The second kappa shape index (κ2) is 9.81. The minimum atomic E-state index is 0.0437. The van der Waals surface area contributed by atoms with E-state index in [-0.39, 0.29) is 17.9 Å². The number of hydrogen-bond donors (Lipinski definition) is 0. The topological polar surface area (TPSA) is 80.6 Å². The van der Waals surface area contributed by atoms with Crippen molar-refractivity contribution < 1.29 is 14.3 Å². The molecule has 1 fully saturated rings. The van der Waals surface area contributed by atoms with E-state index < -0.39 is 0 Å². The van der Waals surface area contributed by atoms with Crippen molar-refractivity contribution in [1.29, 1.82) is 0 Å². The number of likely N-dealkylation sites (tertiary alicyclic amines) is 1. The lowest BCUT2D eigenvalue weighted by atomic mass is 9.90. The molecular formula is C24H33N5O3. The van der Waals surface area contributed by atoms with E-state index in [1.54, 1.807) is 14.0 Å². The van der Waals surface area contributed by atoms with Gasteiger partial charge in [-0.15, -0.1) is 10.2 Å². The Balaban J connectivity index is 1.50. The first-order chi connectivity index (χ1) is 15.5. The van der Waals surface area contributed by atoms with Gasteiger partial charge in [-0.3, -0.25) is 9.59 Å². The number of hydrogen-bond acceptors (Lipinski definition) is 5. The third kappa shape index (κ3) is 4.70. The molecule has 4 rings (SSSR count). The number of fused-ring (bicyclic) bond motifs is 1. The summed E-state index contributed by atoms with van der Waals surface area (Å²) < 4.78 is 7.48. The molecule has 0 aliphatic carbocycles. The van der Waals surface area contributed by atoms with Gasteiger partial charge in [0, 0.05) is 64.2 Å². The highest BCUT2D eigenvalue weighted by atomic mass is 16.5. The molecule has 0 bridgehead atoms. The molecule has 2 amide bonds. The van der Waals surface area contributed by atoms with Gasteiger partial charge in [-0.1, -0.05) is 12.1 Å². The summed E-state index contributed by atoms with van der Waals surface area (Å²) in [6.45, 7) is 6.88. The molecular weight excluding hydrogens is 406 g/mol. The average molecular weight is 440 g/mol. The molecule has 0 spiro atoms. The number of carbonyl (C=O) groups excluding carboxylic acids is 2. The van der Waals surface area contributed by atoms with Crippen molar-refractivity contribution in [3.05, 3.63) is 47.0 Å². The van der Waals surface area contributed by atoms with Crippen molar-refractivity contribution in [3.8, 4) is 0 Å². The Labute approximate surface area is 189 Å². The van der Waals surface area contributed by atoms with Crippen LogP contribution in [0.15, 0.2) is 24.3 Å². The lowest BCUT2D eigenvalue weighted by Crippen LogP contribution is -2.49. The second-order valence-corrected chi connectivity index (χ2v) is 8.86. The molecule has 32 heavy (non-hydrogen) atoms. The Morgan fingerprint density at radius 3 is 2.69 bits per heavy atom. The number of benzene rings is 1. The fraction of sp³-hybridized carbons (Fsp3) is 0.583. The number of aromatic nitrogens is 3. The van der Waals surface area contributed by atoms with Gasteiger partial charge in [-0.05, 0) is 43.9 Å². The van der Waals surface area contributed by atoms with E-state index in [1.165, 1.54) is 5.56 Å². The van der Waals surface area contributed by atoms with Crippen LogP contribution in [0.25, 0.3) is 0 Å². The summed E-state index contributed by atoms with van der Waals surface area (Å²) in [5.74, 6) is 2.48. The van der Waals surface area contributed by atoms with Crippen LogP contribution in [-0.4, -0.2) is 75.8 Å². The average Bonchev–Trinajstić information content (AvgIpc) is 3.19. The molecule has 0 unspecified atom stereocenters. The first kappa shape index (κ1) is 22.5. The molecule has 1 atom stereocenters. The van der Waals surface area contributed by atoms with Crippen LogP contribution in [0.5, 0.6) is 0 Å². The quantitative estimate of drug-likeness (QED) is 0.691. The number of amides is 2. The number of aryl methyl sites for hydroxylation is 2. The van der Waals surface area contributed by atoms with Crippen molar-refractivity contribution >= 4 is 11.8 Å². The fourth-order valence-electron chi connectivity index (χ4n) is 4.96. The molecule has 1 aromatic heterocycles. The van der Waals surface area contributed by atoms with Crippen LogP contribution >= 0.6 is 0 Å². The largest absolute Gasteiger partial charge is 0.383 e. The smallest absolute Gasteiger partial charge is 0.254 e. The maximum atomic E-state index is 13.6. The molecule has 0 N–H and O–H groups in total. The Kier molecular flexibility index (Phi) is 6.89. The molecule has 0 saturated carbocycles. The number of carbonyl (C=O) groups is 2. The number of ether oxygens (including phenoxy) is 1. The van der Waals surface area contributed by atoms with E-state index in [0.29, 0.717) is 32.2 Å². The minimum Gasteiger partial charge on any atom is -0.383 e. The third-order valence-corrected chi connectivity index (χ3v) is 6.88. The molecule has 8 heteroatoms. The van der Waals surface area contributed by atoms with Gasteiger partial charge in [0.05, 0.1) is 6.61 Å². The van der Waals surface area contributed by atoms with Crippen LogP contribution in [0.2, 0.25) is 0 Å². The second-order valence-electron chi connectivity index (χ2n) is 8.86. The number of piperidine rings is 1. The van der Waals surface area contributed by atoms with E-state index in [0.717, 1.165) is 49.4 Å². The molecule has 1 aromatic carbocycles. The lowest BCUT2D eigenvalue weighted by molar-refractivity contribution is -0.130. The SMILES string of the molecule is COCCN(C(=O)c1cccc([C@@H]2CCc3nnc(C)n3C2)c1)C1CCN(C(C)=O)CC1. The highest BCUT2D eigenvalue weighted by Gasteiger charge is 2.30. The lowest BCUT2D eigenvalue weighted by Gasteiger charge is -2.38. The minimum absolute atomic E-state index is 0.0437. The summed E-state index contributed by atoms with van der Waals surface area (Å²) in [5, 5.41) is 8.47. The Morgan fingerprint density at radius 1 is 1.19 bits per heavy atom. The summed E-state index contributed by atoms with van der Waals surface area (Å²) in [4.78, 5) is 29.1. The molecule has 2 aliphatic heterocycles. The standard InChI is InChI=1S/C24H33N5O3/c1-17-25-26-23-8-7-21(16-29(17)23)19-5-4-6-20(15-19)24(31)28(13-14-32-3)22-9-11-27(12-10-22)18(2)30/h4-6,15,21-22H,7-14,16H2,1-3H3/t21-/m1/s1. The number of rotatable bonds is 6. The molecule has 172 valence electrons. The zero-order valence-electron chi connectivity index (χ0n) is 19.3. The third-order valence-electron chi connectivity index (χ3n) is 6.88. The number of nitrogens with zero attached hydrogens (tertiary/aromatic N) is 5. The highest BCUT2D eigenvalue weighted by Crippen LogP contribution is 2.30. The van der Waals surface area contributed by atoms with Gasteiger partial charge in [0.1, 0.15) is 11.6 Å². The van der Waals surface area contributed by atoms with Crippen molar-refractivity contribution in [1.82, 2.24) is 24.6 Å². The van der Waals surface area contributed by atoms with E-state index in [9.17, 15) is 9.59 Å². The predicted octanol–water partition coefficient (Wildman–Crippen LogP) is 2.42. The maximum Gasteiger partial charge on any atom is 0.254 e. The zero-order chi connectivity index (χ0) is 22.7. The van der Waals surface area contributed by atoms with E-state index in [4.69, 9.17) is 4.74 Å². The van der Waals surface area contributed by atoms with Crippen LogP contribution < -0.4 is 0 Å². The van der Waals surface area contributed by atoms with E-state index in [1.807, 2.05) is 28.9 Å². The molecule has 1 saturated heterocycles. The molecule has 8 nitrogen and oxygen atoms in total. The van der Waals surface area contributed by atoms with Gasteiger partial charge < -0.3 is 19.1 Å². The summed E-state index contributed by atoms with van der Waals surface area (Å²) >= 11 is 0. The van der Waals surface area contributed by atoms with Gasteiger partial charge >= 0.3 is 0 Å². The van der Waals surface area contributed by atoms with Gasteiger partial charge in [-0.25, -0.2) is 0 Å². The van der Waals surface area contributed by atoms with Crippen LogP contribution in [0.3, 0.4) is 0 Å². The van der Waals surface area contributed by atoms with Gasteiger partial charge in [0.2, 0.25) is 5.91 Å². The van der Waals surface area contributed by atoms with Crippen molar-refractivity contribution in [2.75, 3.05) is 33.4 Å². The van der Waals surface area contributed by atoms with Crippen LogP contribution in [-0.2, 0) is 22.5 Å². The molecule has 0 radical (unpaired) electrons. The highest BCUT2D eigenvalue weighted by molar-refractivity contribution is 5.94. The summed E-state index contributed by atoms with van der Waals surface area (Å²) in [5.41, 5.74) is 1.91. The van der Waals surface area contributed by atoms with E-state index >= 15 is 0 Å². The Hall–Kier alpha value is -2.74. The van der Waals surface area contributed by atoms with Crippen LogP contribution in [0, 0.1) is 6.92 Å². The van der Waals surface area contributed by atoms with Crippen molar-refractivity contribution in [3.63, 3.8) is 0 Å². The van der Waals surface area contributed by atoms with Gasteiger partial charge in [0.25, 0.3) is 5.91 Å². The first-order valence-electron chi connectivity index (χ1n) is 11.5. The fourth-order valence-corrected chi connectivity index (χ4v) is 4.96. The van der Waals surface area contributed by atoms with Gasteiger partial charge in [-0.2, -0.15) is 0 Å². The number of methoxy groups -OCH3 is 1. The van der Waals surface area contributed by atoms with Crippen LogP contribution in [0.4, 0.5) is 0 Å². The Bertz CT molecular complexity index is 964. The van der Waals surface area contributed by atoms with Crippen molar-refractivity contribution in [2.45, 2.75) is 58.0 Å².